The Bertz CT molecular complexity index is 537. The minimum absolute atomic E-state index is 0.222. The topological polar surface area (TPSA) is 34.0 Å². The van der Waals surface area contributed by atoms with E-state index in [9.17, 15) is 4.39 Å². The molecular weight excluding hydrogens is 219 g/mol. The van der Waals surface area contributed by atoms with Crippen LogP contribution in [-0.4, -0.2) is 20.8 Å². The number of nitrogens with zero attached hydrogens (tertiary/aromatic N) is 4. The lowest BCUT2D eigenvalue weighted by Gasteiger charge is -2.35. The zero-order valence-electron chi connectivity index (χ0n) is 9.55. The van der Waals surface area contributed by atoms with E-state index in [0.29, 0.717) is 12.2 Å². The molecule has 0 bridgehead atoms. The third kappa shape index (κ3) is 1.67. The van der Waals surface area contributed by atoms with E-state index in [1.165, 1.54) is 6.20 Å². The standard InChI is InChI=1S/C12H13FN4/c1-9-7-17-10(2-5-15-17)8-16(9)12-3-4-14-6-11(12)13/h2-6,9H,7-8H2,1H3. The fourth-order valence-electron chi connectivity index (χ4n) is 2.26. The van der Waals surface area contributed by atoms with Crippen molar-refractivity contribution in [3.05, 3.63) is 42.2 Å². The lowest BCUT2D eigenvalue weighted by atomic mass is 10.1. The van der Waals surface area contributed by atoms with Gasteiger partial charge in [0.2, 0.25) is 0 Å². The summed E-state index contributed by atoms with van der Waals surface area (Å²) in [4.78, 5) is 5.83. The molecule has 2 aromatic rings. The molecule has 3 heterocycles. The molecule has 17 heavy (non-hydrogen) atoms. The van der Waals surface area contributed by atoms with E-state index in [-0.39, 0.29) is 11.9 Å². The molecule has 4 nitrogen and oxygen atoms in total. The SMILES string of the molecule is CC1Cn2nccc2CN1c1ccncc1F. The van der Waals surface area contributed by atoms with Crippen LogP contribution in [0, 0.1) is 5.82 Å². The summed E-state index contributed by atoms with van der Waals surface area (Å²) in [5, 5.41) is 4.24. The lowest BCUT2D eigenvalue weighted by Crippen LogP contribution is -2.41. The number of fused-ring (bicyclic) bond motifs is 1. The Morgan fingerprint density at radius 2 is 2.24 bits per heavy atom. The van der Waals surface area contributed by atoms with Crippen LogP contribution in [0.3, 0.4) is 0 Å². The highest BCUT2D eigenvalue weighted by Crippen LogP contribution is 2.26. The number of halogens is 1. The normalized spacial score (nSPS) is 19.2. The van der Waals surface area contributed by atoms with Gasteiger partial charge in [-0.1, -0.05) is 0 Å². The molecule has 0 radical (unpaired) electrons. The van der Waals surface area contributed by atoms with Crippen LogP contribution < -0.4 is 4.90 Å². The third-order valence-corrected chi connectivity index (χ3v) is 3.17. The first-order chi connectivity index (χ1) is 8.25. The van der Waals surface area contributed by atoms with Gasteiger partial charge in [-0.25, -0.2) is 4.39 Å². The van der Waals surface area contributed by atoms with Gasteiger partial charge in [0.15, 0.2) is 5.82 Å². The molecule has 0 spiro atoms. The summed E-state index contributed by atoms with van der Waals surface area (Å²) < 4.78 is 15.7. The van der Waals surface area contributed by atoms with Crippen molar-refractivity contribution in [1.82, 2.24) is 14.8 Å². The third-order valence-electron chi connectivity index (χ3n) is 3.17. The van der Waals surface area contributed by atoms with Crippen molar-refractivity contribution in [2.45, 2.75) is 26.1 Å². The van der Waals surface area contributed by atoms with E-state index in [4.69, 9.17) is 0 Å². The van der Waals surface area contributed by atoms with Crippen molar-refractivity contribution in [1.29, 1.82) is 0 Å². The minimum Gasteiger partial charge on any atom is -0.359 e. The maximum atomic E-state index is 13.7. The molecule has 0 N–H and O–H groups in total. The monoisotopic (exact) mass is 232 g/mol. The maximum Gasteiger partial charge on any atom is 0.164 e. The van der Waals surface area contributed by atoms with Gasteiger partial charge in [-0.15, -0.1) is 0 Å². The van der Waals surface area contributed by atoms with Gasteiger partial charge < -0.3 is 4.90 Å². The van der Waals surface area contributed by atoms with Gasteiger partial charge >= 0.3 is 0 Å². The molecular formula is C12H13FN4. The van der Waals surface area contributed by atoms with Crippen LogP contribution in [0.1, 0.15) is 12.6 Å². The fraction of sp³-hybridized carbons (Fsp3) is 0.333. The Hall–Kier alpha value is -1.91. The molecule has 1 atom stereocenters. The quantitative estimate of drug-likeness (QED) is 0.752. The summed E-state index contributed by atoms with van der Waals surface area (Å²) in [5.74, 6) is -0.271. The predicted octanol–water partition coefficient (Wildman–Crippen LogP) is 1.83. The van der Waals surface area contributed by atoms with Gasteiger partial charge in [0.25, 0.3) is 0 Å². The van der Waals surface area contributed by atoms with Crippen LogP contribution >= 0.6 is 0 Å². The molecule has 1 unspecified atom stereocenters. The van der Waals surface area contributed by atoms with Gasteiger partial charge in [0, 0.05) is 18.4 Å². The van der Waals surface area contributed by atoms with E-state index < -0.39 is 0 Å². The second-order valence-corrected chi connectivity index (χ2v) is 4.31. The maximum absolute atomic E-state index is 13.7. The second-order valence-electron chi connectivity index (χ2n) is 4.31. The number of hydrogen-bond donors (Lipinski definition) is 0. The van der Waals surface area contributed by atoms with Crippen LogP contribution in [0.5, 0.6) is 0 Å². The molecule has 0 saturated heterocycles. The Labute approximate surface area is 98.7 Å². The highest BCUT2D eigenvalue weighted by molar-refractivity contribution is 5.48. The molecule has 5 heteroatoms. The Morgan fingerprint density at radius 3 is 3.06 bits per heavy atom. The summed E-state index contributed by atoms with van der Waals surface area (Å²) in [5.41, 5.74) is 1.72. The lowest BCUT2D eigenvalue weighted by molar-refractivity contribution is 0.433. The van der Waals surface area contributed by atoms with E-state index in [0.717, 1.165) is 12.2 Å². The van der Waals surface area contributed by atoms with Crippen molar-refractivity contribution in [3.8, 4) is 0 Å². The van der Waals surface area contributed by atoms with E-state index in [2.05, 4.69) is 17.0 Å². The van der Waals surface area contributed by atoms with Gasteiger partial charge in [-0.3, -0.25) is 9.67 Å². The molecule has 0 fully saturated rings. The number of pyridine rings is 1. The first-order valence-electron chi connectivity index (χ1n) is 5.62. The molecule has 88 valence electrons. The first kappa shape index (κ1) is 10.3. The summed E-state index contributed by atoms with van der Waals surface area (Å²) in [6, 6.07) is 3.91. The number of rotatable bonds is 1. The summed E-state index contributed by atoms with van der Waals surface area (Å²) in [7, 11) is 0. The average Bonchev–Trinajstić information content (AvgIpc) is 2.76. The smallest absolute Gasteiger partial charge is 0.164 e. The van der Waals surface area contributed by atoms with Crippen LogP contribution in [0.25, 0.3) is 0 Å². The van der Waals surface area contributed by atoms with Crippen LogP contribution in [0.2, 0.25) is 0 Å². The highest BCUT2D eigenvalue weighted by Gasteiger charge is 2.25. The zero-order chi connectivity index (χ0) is 11.8. The van der Waals surface area contributed by atoms with Crippen LogP contribution in [0.15, 0.2) is 30.7 Å². The van der Waals surface area contributed by atoms with Gasteiger partial charge in [-0.05, 0) is 19.1 Å². The van der Waals surface area contributed by atoms with Crippen molar-refractivity contribution in [2.24, 2.45) is 0 Å². The molecule has 3 rings (SSSR count). The predicted molar refractivity (Wildman–Crippen MR) is 62.1 cm³/mol. The molecule has 1 aliphatic rings. The van der Waals surface area contributed by atoms with E-state index >= 15 is 0 Å². The van der Waals surface area contributed by atoms with Gasteiger partial charge in [0.05, 0.1) is 30.7 Å². The highest BCUT2D eigenvalue weighted by atomic mass is 19.1. The molecule has 0 aromatic carbocycles. The Kier molecular flexibility index (Phi) is 2.31. The van der Waals surface area contributed by atoms with Crippen molar-refractivity contribution in [3.63, 3.8) is 0 Å². The summed E-state index contributed by atoms with van der Waals surface area (Å²) in [6.45, 7) is 3.54. The molecule has 0 aliphatic carbocycles. The second kappa shape index (κ2) is 3.84. The first-order valence-corrected chi connectivity index (χ1v) is 5.62. The largest absolute Gasteiger partial charge is 0.359 e. The molecule has 1 aliphatic heterocycles. The van der Waals surface area contributed by atoms with Crippen molar-refractivity contribution >= 4 is 5.69 Å². The van der Waals surface area contributed by atoms with Gasteiger partial charge in [0.1, 0.15) is 0 Å². The van der Waals surface area contributed by atoms with Crippen LogP contribution in [-0.2, 0) is 13.1 Å². The molecule has 2 aromatic heterocycles. The molecule has 0 saturated carbocycles. The Balaban J connectivity index is 1.98. The van der Waals surface area contributed by atoms with Crippen molar-refractivity contribution in [2.75, 3.05) is 4.90 Å². The number of aromatic nitrogens is 3. The van der Waals surface area contributed by atoms with E-state index in [1.54, 1.807) is 18.5 Å². The summed E-state index contributed by atoms with van der Waals surface area (Å²) in [6.07, 6.45) is 4.67. The minimum atomic E-state index is -0.271. The zero-order valence-corrected chi connectivity index (χ0v) is 9.55. The number of anilines is 1. The molecule has 0 amide bonds. The Morgan fingerprint density at radius 1 is 1.35 bits per heavy atom. The van der Waals surface area contributed by atoms with Gasteiger partial charge in [-0.2, -0.15) is 5.10 Å². The summed E-state index contributed by atoms with van der Waals surface area (Å²) >= 11 is 0. The average molecular weight is 232 g/mol. The number of hydrogen-bond acceptors (Lipinski definition) is 3. The van der Waals surface area contributed by atoms with E-state index in [1.807, 2.05) is 15.6 Å². The van der Waals surface area contributed by atoms with Crippen LogP contribution in [0.4, 0.5) is 10.1 Å². The van der Waals surface area contributed by atoms with Crippen molar-refractivity contribution < 1.29 is 4.39 Å². The fourth-order valence-corrected chi connectivity index (χ4v) is 2.26.